The van der Waals surface area contributed by atoms with Gasteiger partial charge >= 0.3 is 0 Å². The number of likely N-dealkylation sites (tertiary alicyclic amines) is 1. The minimum atomic E-state index is -0.110. The van der Waals surface area contributed by atoms with Gasteiger partial charge in [-0.05, 0) is 25.9 Å². The van der Waals surface area contributed by atoms with Crippen LogP contribution in [0.5, 0.6) is 0 Å². The van der Waals surface area contributed by atoms with Crippen molar-refractivity contribution in [3.8, 4) is 0 Å². The largest absolute Gasteiger partial charge is 0.378 e. The summed E-state index contributed by atoms with van der Waals surface area (Å²) in [6.45, 7) is 3.84. The van der Waals surface area contributed by atoms with Gasteiger partial charge in [0.1, 0.15) is 0 Å². The molecule has 2 rings (SSSR count). The van der Waals surface area contributed by atoms with Crippen LogP contribution in [0.1, 0.15) is 18.5 Å². The van der Waals surface area contributed by atoms with Gasteiger partial charge in [0.15, 0.2) is 5.16 Å². The van der Waals surface area contributed by atoms with Crippen LogP contribution >= 0.6 is 11.8 Å². The van der Waals surface area contributed by atoms with Crippen molar-refractivity contribution in [3.63, 3.8) is 0 Å². The predicted octanol–water partition coefficient (Wildman–Crippen LogP) is 1.10. The summed E-state index contributed by atoms with van der Waals surface area (Å²) in [6.07, 6.45) is 2.62. The maximum Gasteiger partial charge on any atom is 0.251 e. The number of aromatic nitrogens is 2. The lowest BCUT2D eigenvalue weighted by Crippen LogP contribution is -2.22. The molecule has 1 aromatic heterocycles. The summed E-state index contributed by atoms with van der Waals surface area (Å²) in [4.78, 5) is 21.0. The van der Waals surface area contributed by atoms with Gasteiger partial charge in [-0.1, -0.05) is 11.8 Å². The maximum atomic E-state index is 11.4. The van der Waals surface area contributed by atoms with Gasteiger partial charge in [0, 0.05) is 25.5 Å². The van der Waals surface area contributed by atoms with Crippen molar-refractivity contribution in [3.05, 3.63) is 22.1 Å². The topological polar surface area (TPSA) is 58.2 Å². The van der Waals surface area contributed by atoms with Gasteiger partial charge < -0.3 is 14.6 Å². The molecular weight excluding hydrogens is 250 g/mol. The lowest BCUT2D eigenvalue weighted by Gasteiger charge is -2.13. The second-order valence-corrected chi connectivity index (χ2v) is 5.46. The lowest BCUT2D eigenvalue weighted by atomic mass is 10.4. The first-order valence-electron chi connectivity index (χ1n) is 6.22. The number of thioether (sulfide) groups is 1. The number of hydrogen-bond acceptors (Lipinski definition) is 5. The molecule has 0 saturated carbocycles. The molecule has 1 aliphatic rings. The van der Waals surface area contributed by atoms with Crippen molar-refractivity contribution in [2.75, 3.05) is 32.5 Å². The standard InChI is InChI=1S/C12H19N3O2S/c1-17-9-10-8-11(16)14-12(13-10)18-7-6-15-4-2-3-5-15/h8H,2-7,9H2,1H3,(H,13,14,16). The molecule has 1 aliphatic heterocycles. The Bertz CT molecular complexity index is 430. The minimum Gasteiger partial charge on any atom is -0.378 e. The van der Waals surface area contributed by atoms with Crippen LogP contribution in [-0.4, -0.2) is 47.4 Å². The maximum absolute atomic E-state index is 11.4. The number of ether oxygens (including phenoxy) is 1. The number of aromatic amines is 1. The third-order valence-electron chi connectivity index (χ3n) is 2.91. The Labute approximate surface area is 111 Å². The van der Waals surface area contributed by atoms with Crippen molar-refractivity contribution in [2.45, 2.75) is 24.6 Å². The molecule has 0 amide bonds. The Morgan fingerprint density at radius 1 is 1.50 bits per heavy atom. The number of rotatable bonds is 6. The fraction of sp³-hybridized carbons (Fsp3) is 0.667. The van der Waals surface area contributed by atoms with Crippen molar-refractivity contribution in [1.29, 1.82) is 0 Å². The van der Waals surface area contributed by atoms with Crippen molar-refractivity contribution in [2.24, 2.45) is 0 Å². The zero-order chi connectivity index (χ0) is 12.8. The van der Waals surface area contributed by atoms with E-state index in [2.05, 4.69) is 14.9 Å². The third kappa shape index (κ3) is 4.12. The van der Waals surface area contributed by atoms with E-state index in [1.165, 1.54) is 32.0 Å². The molecule has 0 spiro atoms. The number of nitrogens with zero attached hydrogens (tertiary/aromatic N) is 2. The van der Waals surface area contributed by atoms with E-state index in [-0.39, 0.29) is 5.56 Å². The molecule has 0 unspecified atom stereocenters. The normalized spacial score (nSPS) is 16.3. The molecule has 1 N–H and O–H groups in total. The molecule has 100 valence electrons. The third-order valence-corrected chi connectivity index (χ3v) is 3.76. The highest BCUT2D eigenvalue weighted by atomic mass is 32.2. The van der Waals surface area contributed by atoms with Gasteiger partial charge in [-0.25, -0.2) is 4.98 Å². The highest BCUT2D eigenvalue weighted by Gasteiger charge is 2.11. The monoisotopic (exact) mass is 269 g/mol. The average molecular weight is 269 g/mol. The zero-order valence-electron chi connectivity index (χ0n) is 10.6. The van der Waals surface area contributed by atoms with E-state index in [0.29, 0.717) is 17.5 Å². The van der Waals surface area contributed by atoms with Gasteiger partial charge in [0.05, 0.1) is 12.3 Å². The highest BCUT2D eigenvalue weighted by molar-refractivity contribution is 7.99. The zero-order valence-corrected chi connectivity index (χ0v) is 11.5. The number of H-pyrrole nitrogens is 1. The van der Waals surface area contributed by atoms with E-state index in [1.54, 1.807) is 18.9 Å². The first-order valence-corrected chi connectivity index (χ1v) is 7.21. The van der Waals surface area contributed by atoms with Gasteiger partial charge in [-0.2, -0.15) is 0 Å². The minimum absolute atomic E-state index is 0.110. The number of methoxy groups -OCH3 is 1. The molecule has 1 saturated heterocycles. The molecule has 5 nitrogen and oxygen atoms in total. The van der Waals surface area contributed by atoms with Gasteiger partial charge in [-0.3, -0.25) is 4.79 Å². The van der Waals surface area contributed by atoms with Crippen LogP contribution in [0.3, 0.4) is 0 Å². The molecule has 0 aromatic carbocycles. The molecule has 2 heterocycles. The second kappa shape index (κ2) is 6.92. The number of hydrogen-bond donors (Lipinski definition) is 1. The van der Waals surface area contributed by atoms with E-state index >= 15 is 0 Å². The van der Waals surface area contributed by atoms with E-state index in [4.69, 9.17) is 4.74 Å². The first kappa shape index (κ1) is 13.6. The molecule has 1 aromatic rings. The summed E-state index contributed by atoms with van der Waals surface area (Å²) in [7, 11) is 1.60. The lowest BCUT2D eigenvalue weighted by molar-refractivity contribution is 0.180. The molecule has 6 heteroatoms. The quantitative estimate of drug-likeness (QED) is 0.619. The summed E-state index contributed by atoms with van der Waals surface area (Å²) < 4.78 is 4.99. The Morgan fingerprint density at radius 2 is 2.28 bits per heavy atom. The Kier molecular flexibility index (Phi) is 5.22. The van der Waals surface area contributed by atoms with Crippen LogP contribution in [0.15, 0.2) is 16.0 Å². The fourth-order valence-electron chi connectivity index (χ4n) is 2.05. The first-order chi connectivity index (χ1) is 8.78. The van der Waals surface area contributed by atoms with Crippen LogP contribution in [-0.2, 0) is 11.3 Å². The Balaban J connectivity index is 1.85. The van der Waals surface area contributed by atoms with Crippen molar-refractivity contribution < 1.29 is 4.74 Å². The van der Waals surface area contributed by atoms with Crippen LogP contribution in [0, 0.1) is 0 Å². The van der Waals surface area contributed by atoms with Crippen molar-refractivity contribution >= 4 is 11.8 Å². The van der Waals surface area contributed by atoms with Crippen LogP contribution in [0.4, 0.5) is 0 Å². The molecule has 1 fully saturated rings. The molecule has 18 heavy (non-hydrogen) atoms. The van der Waals surface area contributed by atoms with Gasteiger partial charge in [0.25, 0.3) is 5.56 Å². The Hall–Kier alpha value is -0.850. The van der Waals surface area contributed by atoms with Crippen LogP contribution in [0.2, 0.25) is 0 Å². The van der Waals surface area contributed by atoms with Gasteiger partial charge in [0.2, 0.25) is 0 Å². The fourth-order valence-corrected chi connectivity index (χ4v) is 2.95. The molecular formula is C12H19N3O2S. The van der Waals surface area contributed by atoms with Crippen molar-refractivity contribution in [1.82, 2.24) is 14.9 Å². The molecule has 0 radical (unpaired) electrons. The summed E-state index contributed by atoms with van der Waals surface area (Å²) >= 11 is 1.60. The molecule has 0 atom stereocenters. The predicted molar refractivity (Wildman–Crippen MR) is 72.0 cm³/mol. The SMILES string of the molecule is COCc1cc(=O)[nH]c(SCCN2CCCC2)n1. The summed E-state index contributed by atoms with van der Waals surface area (Å²) in [5.74, 6) is 0.958. The molecule has 0 bridgehead atoms. The van der Waals surface area contributed by atoms with E-state index < -0.39 is 0 Å². The Morgan fingerprint density at radius 3 is 3.00 bits per heavy atom. The van der Waals surface area contributed by atoms with E-state index in [0.717, 1.165) is 12.3 Å². The van der Waals surface area contributed by atoms with E-state index in [9.17, 15) is 4.79 Å². The summed E-state index contributed by atoms with van der Waals surface area (Å²) in [5.41, 5.74) is 0.575. The average Bonchev–Trinajstić information content (AvgIpc) is 2.82. The summed E-state index contributed by atoms with van der Waals surface area (Å²) in [5, 5.41) is 0.689. The smallest absolute Gasteiger partial charge is 0.251 e. The second-order valence-electron chi connectivity index (χ2n) is 4.37. The highest BCUT2D eigenvalue weighted by Crippen LogP contribution is 2.14. The summed E-state index contributed by atoms with van der Waals surface area (Å²) in [6, 6.07) is 1.48. The number of nitrogens with one attached hydrogen (secondary N) is 1. The van der Waals surface area contributed by atoms with E-state index in [1.807, 2.05) is 0 Å². The van der Waals surface area contributed by atoms with Crippen LogP contribution < -0.4 is 5.56 Å². The molecule has 0 aliphatic carbocycles. The van der Waals surface area contributed by atoms with Gasteiger partial charge in [-0.15, -0.1) is 0 Å². The van der Waals surface area contributed by atoms with Crippen LogP contribution in [0.25, 0.3) is 0 Å².